The van der Waals surface area contributed by atoms with Gasteiger partial charge >= 0.3 is 0 Å². The summed E-state index contributed by atoms with van der Waals surface area (Å²) in [6, 6.07) is 14.3. The standard InChI is InChI=1S/C18H17N5O2S2/c1-23(2)11-13-10-9-12-5-3-7-15(17(12)19-13)22-27(24,25)16-8-4-6-14-18(16)21-26-20-14/h3-10,22H,11H2,1-2H3. The zero-order valence-corrected chi connectivity index (χ0v) is 16.4. The highest BCUT2D eigenvalue weighted by Gasteiger charge is 2.21. The van der Waals surface area contributed by atoms with Gasteiger partial charge in [0.2, 0.25) is 0 Å². The highest BCUT2D eigenvalue weighted by molar-refractivity contribution is 7.93. The molecule has 0 unspecified atom stereocenters. The number of para-hydroxylation sites is 1. The van der Waals surface area contributed by atoms with Gasteiger partial charge in [0.1, 0.15) is 15.9 Å². The summed E-state index contributed by atoms with van der Waals surface area (Å²) in [7, 11) is 0.0892. The Kier molecular flexibility index (Phi) is 4.50. The molecule has 0 aliphatic heterocycles. The zero-order valence-electron chi connectivity index (χ0n) is 14.7. The van der Waals surface area contributed by atoms with Gasteiger partial charge in [-0.25, -0.2) is 13.4 Å². The first kappa shape index (κ1) is 17.8. The van der Waals surface area contributed by atoms with Gasteiger partial charge in [-0.1, -0.05) is 24.3 Å². The van der Waals surface area contributed by atoms with Crippen LogP contribution in [0.1, 0.15) is 5.69 Å². The Morgan fingerprint density at radius 2 is 1.81 bits per heavy atom. The summed E-state index contributed by atoms with van der Waals surface area (Å²) in [5.74, 6) is 0. The summed E-state index contributed by atoms with van der Waals surface area (Å²) < 4.78 is 36.9. The molecule has 0 spiro atoms. The van der Waals surface area contributed by atoms with Gasteiger partial charge in [-0.3, -0.25) is 4.72 Å². The van der Waals surface area contributed by atoms with E-state index in [0.717, 1.165) is 22.8 Å². The van der Waals surface area contributed by atoms with Crippen LogP contribution in [0, 0.1) is 0 Å². The van der Waals surface area contributed by atoms with Crippen molar-refractivity contribution in [1.29, 1.82) is 0 Å². The van der Waals surface area contributed by atoms with Gasteiger partial charge in [-0.15, -0.1) is 0 Å². The van der Waals surface area contributed by atoms with E-state index in [9.17, 15) is 8.42 Å². The number of hydrogen-bond acceptors (Lipinski definition) is 7. The van der Waals surface area contributed by atoms with Crippen LogP contribution in [-0.4, -0.2) is 41.1 Å². The van der Waals surface area contributed by atoms with E-state index in [1.807, 2.05) is 37.2 Å². The number of pyridine rings is 1. The molecule has 0 bridgehead atoms. The van der Waals surface area contributed by atoms with Gasteiger partial charge in [-0.2, -0.15) is 8.75 Å². The Morgan fingerprint density at radius 1 is 1.00 bits per heavy atom. The zero-order chi connectivity index (χ0) is 19.0. The SMILES string of the molecule is CN(C)Cc1ccc2cccc(NS(=O)(=O)c3cccc4nsnc34)c2n1. The van der Waals surface area contributed by atoms with E-state index in [1.165, 1.54) is 6.07 Å². The maximum Gasteiger partial charge on any atom is 0.264 e. The minimum atomic E-state index is -3.83. The molecule has 4 rings (SSSR count). The van der Waals surface area contributed by atoms with E-state index in [4.69, 9.17) is 0 Å². The molecule has 9 heteroatoms. The Balaban J connectivity index is 1.79. The van der Waals surface area contributed by atoms with E-state index < -0.39 is 10.0 Å². The fourth-order valence-corrected chi connectivity index (χ4v) is 4.71. The van der Waals surface area contributed by atoms with Crippen molar-refractivity contribution in [1.82, 2.24) is 18.6 Å². The minimum Gasteiger partial charge on any atom is -0.304 e. The second-order valence-corrected chi connectivity index (χ2v) is 8.59. The number of rotatable bonds is 5. The van der Waals surface area contributed by atoms with Gasteiger partial charge in [0.15, 0.2) is 0 Å². The monoisotopic (exact) mass is 399 g/mol. The van der Waals surface area contributed by atoms with Crippen LogP contribution in [0.25, 0.3) is 21.9 Å². The molecule has 4 aromatic rings. The Hall–Kier alpha value is -2.62. The lowest BCUT2D eigenvalue weighted by Crippen LogP contribution is -2.15. The van der Waals surface area contributed by atoms with Gasteiger partial charge in [0, 0.05) is 11.9 Å². The molecule has 0 saturated heterocycles. The summed E-state index contributed by atoms with van der Waals surface area (Å²) in [6.45, 7) is 0.667. The molecule has 138 valence electrons. The molecule has 0 saturated carbocycles. The molecule has 0 atom stereocenters. The smallest absolute Gasteiger partial charge is 0.264 e. The number of hydrogen-bond donors (Lipinski definition) is 1. The van der Waals surface area contributed by atoms with Crippen molar-refractivity contribution in [3.8, 4) is 0 Å². The number of anilines is 1. The van der Waals surface area contributed by atoms with Gasteiger partial charge in [0.25, 0.3) is 10.0 Å². The van der Waals surface area contributed by atoms with Gasteiger partial charge in [0.05, 0.1) is 28.6 Å². The number of fused-ring (bicyclic) bond motifs is 2. The van der Waals surface area contributed by atoms with E-state index in [2.05, 4.69) is 18.5 Å². The average Bonchev–Trinajstić information content (AvgIpc) is 3.10. The third-order valence-corrected chi connectivity index (χ3v) is 5.98. The third-order valence-electron chi connectivity index (χ3n) is 4.04. The molecule has 0 radical (unpaired) electrons. The van der Waals surface area contributed by atoms with Crippen molar-refractivity contribution in [2.45, 2.75) is 11.4 Å². The molecule has 0 aliphatic carbocycles. The number of benzene rings is 2. The van der Waals surface area contributed by atoms with E-state index in [-0.39, 0.29) is 4.90 Å². The second-order valence-electron chi connectivity index (χ2n) is 6.41. The molecule has 7 nitrogen and oxygen atoms in total. The number of nitrogens with zero attached hydrogens (tertiary/aromatic N) is 4. The van der Waals surface area contributed by atoms with Crippen LogP contribution in [0.5, 0.6) is 0 Å². The maximum absolute atomic E-state index is 13.0. The predicted molar refractivity (Wildman–Crippen MR) is 107 cm³/mol. The lowest BCUT2D eigenvalue weighted by molar-refractivity contribution is 0.397. The largest absolute Gasteiger partial charge is 0.304 e. The van der Waals surface area contributed by atoms with Crippen LogP contribution in [0.15, 0.2) is 53.4 Å². The van der Waals surface area contributed by atoms with E-state index >= 15 is 0 Å². The summed E-state index contributed by atoms with van der Waals surface area (Å²) in [5.41, 5.74) is 2.85. The summed E-state index contributed by atoms with van der Waals surface area (Å²) in [6.07, 6.45) is 0. The molecule has 2 heterocycles. The number of aromatic nitrogens is 3. The van der Waals surface area contributed by atoms with Gasteiger partial charge < -0.3 is 4.90 Å². The summed E-state index contributed by atoms with van der Waals surface area (Å²) in [4.78, 5) is 6.77. The number of nitrogens with one attached hydrogen (secondary N) is 1. The molecule has 0 fully saturated rings. The molecule has 2 aromatic carbocycles. The van der Waals surface area contributed by atoms with Crippen molar-refractivity contribution < 1.29 is 8.42 Å². The first-order chi connectivity index (χ1) is 12.9. The highest BCUT2D eigenvalue weighted by atomic mass is 32.2. The van der Waals surface area contributed by atoms with E-state index in [1.54, 1.807) is 24.3 Å². The predicted octanol–water partition coefficient (Wildman–Crippen LogP) is 3.10. The van der Waals surface area contributed by atoms with Crippen LogP contribution in [0.2, 0.25) is 0 Å². The Labute approximate surface area is 161 Å². The average molecular weight is 400 g/mol. The van der Waals surface area contributed by atoms with Crippen molar-refractivity contribution in [3.05, 3.63) is 54.2 Å². The first-order valence-electron chi connectivity index (χ1n) is 8.21. The molecule has 0 aliphatic rings. The van der Waals surface area contributed by atoms with Crippen LogP contribution in [0.4, 0.5) is 5.69 Å². The quantitative estimate of drug-likeness (QED) is 0.555. The topological polar surface area (TPSA) is 88.1 Å². The third kappa shape index (κ3) is 3.48. The second kappa shape index (κ2) is 6.84. The lowest BCUT2D eigenvalue weighted by Gasteiger charge is -2.13. The van der Waals surface area contributed by atoms with Crippen LogP contribution < -0.4 is 4.72 Å². The molecule has 27 heavy (non-hydrogen) atoms. The molecule has 0 amide bonds. The fourth-order valence-electron chi connectivity index (χ4n) is 2.88. The number of sulfonamides is 1. The van der Waals surface area contributed by atoms with Crippen LogP contribution in [0.3, 0.4) is 0 Å². The normalized spacial score (nSPS) is 12.1. The minimum absolute atomic E-state index is 0.107. The first-order valence-corrected chi connectivity index (χ1v) is 10.4. The van der Waals surface area contributed by atoms with Crippen molar-refractivity contribution in [3.63, 3.8) is 0 Å². The van der Waals surface area contributed by atoms with Crippen molar-refractivity contribution in [2.24, 2.45) is 0 Å². The Morgan fingerprint density at radius 3 is 2.63 bits per heavy atom. The fraction of sp³-hybridized carbons (Fsp3) is 0.167. The summed E-state index contributed by atoms with van der Waals surface area (Å²) in [5, 5.41) is 0.867. The molecule has 1 N–H and O–H groups in total. The van der Waals surface area contributed by atoms with Crippen LogP contribution >= 0.6 is 11.7 Å². The van der Waals surface area contributed by atoms with Crippen molar-refractivity contribution in [2.75, 3.05) is 18.8 Å². The van der Waals surface area contributed by atoms with E-state index in [0.29, 0.717) is 28.8 Å². The maximum atomic E-state index is 13.0. The highest BCUT2D eigenvalue weighted by Crippen LogP contribution is 2.27. The lowest BCUT2D eigenvalue weighted by atomic mass is 10.2. The van der Waals surface area contributed by atoms with Crippen molar-refractivity contribution >= 4 is 49.4 Å². The van der Waals surface area contributed by atoms with Gasteiger partial charge in [-0.05, 0) is 38.4 Å². The summed E-state index contributed by atoms with van der Waals surface area (Å²) >= 11 is 0.990. The van der Waals surface area contributed by atoms with Crippen LogP contribution in [-0.2, 0) is 16.6 Å². The molecule has 2 aromatic heterocycles. The Bertz CT molecular complexity index is 1230. The molecular weight excluding hydrogens is 382 g/mol. The molecular formula is C18H17N5O2S2.